The lowest BCUT2D eigenvalue weighted by atomic mass is 9.95. The molecule has 1 N–H and O–H groups in total. The highest BCUT2D eigenvalue weighted by Gasteiger charge is 2.26. The second-order valence-electron chi connectivity index (χ2n) is 7.15. The Bertz CT molecular complexity index is 835. The lowest BCUT2D eigenvalue weighted by molar-refractivity contribution is -0.130. The molecule has 0 radical (unpaired) electrons. The third-order valence-corrected chi connectivity index (χ3v) is 5.05. The SMILES string of the molecule is Cc1ccc(C)c(NC(=O)C2CCN(C(=O)/C=C\c3ccccc3)CC2)c1. The van der Waals surface area contributed by atoms with Gasteiger partial charge in [-0.1, -0.05) is 42.5 Å². The number of carbonyl (C=O) groups is 2. The van der Waals surface area contributed by atoms with Crippen LogP contribution in [0.5, 0.6) is 0 Å². The summed E-state index contributed by atoms with van der Waals surface area (Å²) in [5.74, 6) is 0.00920. The monoisotopic (exact) mass is 362 g/mol. The molecule has 0 aliphatic carbocycles. The van der Waals surface area contributed by atoms with Crippen LogP contribution < -0.4 is 5.32 Å². The number of benzene rings is 2. The van der Waals surface area contributed by atoms with Crippen molar-refractivity contribution in [2.24, 2.45) is 5.92 Å². The first kappa shape index (κ1) is 18.9. The molecule has 0 unspecified atom stereocenters. The highest BCUT2D eigenvalue weighted by atomic mass is 16.2. The molecule has 0 saturated carbocycles. The summed E-state index contributed by atoms with van der Waals surface area (Å²) < 4.78 is 0. The minimum Gasteiger partial charge on any atom is -0.339 e. The summed E-state index contributed by atoms with van der Waals surface area (Å²) in [6, 6.07) is 15.8. The molecule has 1 heterocycles. The highest BCUT2D eigenvalue weighted by Crippen LogP contribution is 2.22. The van der Waals surface area contributed by atoms with E-state index in [-0.39, 0.29) is 17.7 Å². The van der Waals surface area contributed by atoms with Gasteiger partial charge in [0.05, 0.1) is 0 Å². The molecular formula is C23H26N2O2. The maximum Gasteiger partial charge on any atom is 0.246 e. The van der Waals surface area contributed by atoms with Crippen molar-refractivity contribution >= 4 is 23.6 Å². The predicted octanol–water partition coefficient (Wildman–Crippen LogP) is 4.19. The van der Waals surface area contributed by atoms with Gasteiger partial charge in [0.1, 0.15) is 0 Å². The number of likely N-dealkylation sites (tertiary alicyclic amines) is 1. The standard InChI is InChI=1S/C23H26N2O2/c1-17-8-9-18(2)21(16-17)24-23(27)20-12-14-25(15-13-20)22(26)11-10-19-6-4-3-5-7-19/h3-11,16,20H,12-15H2,1-2H3,(H,24,27)/b11-10-. The molecule has 4 nitrogen and oxygen atoms in total. The lowest BCUT2D eigenvalue weighted by Crippen LogP contribution is -2.40. The van der Waals surface area contributed by atoms with Gasteiger partial charge in [-0.15, -0.1) is 0 Å². The Morgan fingerprint density at radius 3 is 2.44 bits per heavy atom. The van der Waals surface area contributed by atoms with Gasteiger partial charge in [-0.2, -0.15) is 0 Å². The third kappa shape index (κ3) is 5.07. The minimum absolute atomic E-state index is 0.00670. The van der Waals surface area contributed by atoms with Crippen LogP contribution in [0.1, 0.15) is 29.5 Å². The van der Waals surface area contributed by atoms with Crippen molar-refractivity contribution in [2.75, 3.05) is 18.4 Å². The zero-order valence-electron chi connectivity index (χ0n) is 15.9. The zero-order chi connectivity index (χ0) is 19.2. The number of hydrogen-bond acceptors (Lipinski definition) is 2. The molecule has 0 spiro atoms. The molecule has 0 bridgehead atoms. The van der Waals surface area contributed by atoms with E-state index in [1.165, 1.54) is 0 Å². The number of aryl methyl sites for hydroxylation is 2. The van der Waals surface area contributed by atoms with Gasteiger partial charge < -0.3 is 10.2 Å². The van der Waals surface area contributed by atoms with E-state index in [9.17, 15) is 9.59 Å². The van der Waals surface area contributed by atoms with Gasteiger partial charge in [-0.05, 0) is 55.5 Å². The fourth-order valence-corrected chi connectivity index (χ4v) is 3.30. The van der Waals surface area contributed by atoms with Gasteiger partial charge in [0.25, 0.3) is 0 Å². The number of amides is 2. The Morgan fingerprint density at radius 2 is 1.74 bits per heavy atom. The average Bonchev–Trinajstić information content (AvgIpc) is 2.70. The van der Waals surface area contributed by atoms with Crippen molar-refractivity contribution in [2.45, 2.75) is 26.7 Å². The van der Waals surface area contributed by atoms with E-state index >= 15 is 0 Å². The van der Waals surface area contributed by atoms with Crippen molar-refractivity contribution in [1.29, 1.82) is 0 Å². The first-order chi connectivity index (χ1) is 13.0. The van der Waals surface area contributed by atoms with Gasteiger partial charge in [0.2, 0.25) is 11.8 Å². The van der Waals surface area contributed by atoms with E-state index in [0.29, 0.717) is 25.9 Å². The summed E-state index contributed by atoms with van der Waals surface area (Å²) >= 11 is 0. The Morgan fingerprint density at radius 1 is 1.04 bits per heavy atom. The number of carbonyl (C=O) groups excluding carboxylic acids is 2. The van der Waals surface area contributed by atoms with Crippen LogP contribution >= 0.6 is 0 Å². The number of piperidine rings is 1. The summed E-state index contributed by atoms with van der Waals surface area (Å²) in [7, 11) is 0. The van der Waals surface area contributed by atoms with Crippen LogP contribution in [-0.4, -0.2) is 29.8 Å². The predicted molar refractivity (Wildman–Crippen MR) is 109 cm³/mol. The molecule has 0 atom stereocenters. The second-order valence-corrected chi connectivity index (χ2v) is 7.15. The van der Waals surface area contributed by atoms with E-state index in [2.05, 4.69) is 5.32 Å². The Labute approximate surface area is 160 Å². The number of anilines is 1. The van der Waals surface area contributed by atoms with Crippen molar-refractivity contribution < 1.29 is 9.59 Å². The van der Waals surface area contributed by atoms with Crippen LogP contribution in [0, 0.1) is 19.8 Å². The minimum atomic E-state index is -0.0490. The van der Waals surface area contributed by atoms with Gasteiger partial charge in [0.15, 0.2) is 0 Å². The van der Waals surface area contributed by atoms with E-state index < -0.39 is 0 Å². The molecule has 1 saturated heterocycles. The molecule has 4 heteroatoms. The molecule has 1 aliphatic heterocycles. The van der Waals surface area contributed by atoms with Crippen molar-refractivity contribution in [3.8, 4) is 0 Å². The fourth-order valence-electron chi connectivity index (χ4n) is 3.30. The normalized spacial score (nSPS) is 15.1. The summed E-state index contributed by atoms with van der Waals surface area (Å²) in [4.78, 5) is 26.8. The number of nitrogens with zero attached hydrogens (tertiary/aromatic N) is 1. The van der Waals surface area contributed by atoms with E-state index in [1.54, 1.807) is 6.08 Å². The average molecular weight is 362 g/mol. The zero-order valence-corrected chi connectivity index (χ0v) is 15.9. The molecule has 3 rings (SSSR count). The quantitative estimate of drug-likeness (QED) is 0.829. The van der Waals surface area contributed by atoms with Crippen LogP contribution in [0.2, 0.25) is 0 Å². The first-order valence-electron chi connectivity index (χ1n) is 9.43. The number of nitrogens with one attached hydrogen (secondary N) is 1. The van der Waals surface area contributed by atoms with Crippen LogP contribution in [0.3, 0.4) is 0 Å². The number of rotatable bonds is 4. The molecule has 2 amide bonds. The molecule has 2 aromatic rings. The molecule has 2 aromatic carbocycles. The lowest BCUT2D eigenvalue weighted by Gasteiger charge is -2.30. The Kier molecular flexibility index (Phi) is 6.07. The van der Waals surface area contributed by atoms with Gasteiger partial charge in [0, 0.05) is 30.8 Å². The molecular weight excluding hydrogens is 336 g/mol. The Hall–Kier alpha value is -2.88. The second kappa shape index (κ2) is 8.67. The third-order valence-electron chi connectivity index (χ3n) is 5.05. The maximum atomic E-state index is 12.6. The molecule has 27 heavy (non-hydrogen) atoms. The molecule has 0 aromatic heterocycles. The van der Waals surface area contributed by atoms with Crippen LogP contribution in [0.25, 0.3) is 6.08 Å². The molecule has 1 aliphatic rings. The Balaban J connectivity index is 1.52. The first-order valence-corrected chi connectivity index (χ1v) is 9.43. The van der Waals surface area contributed by atoms with Crippen molar-refractivity contribution in [1.82, 2.24) is 4.90 Å². The summed E-state index contributed by atoms with van der Waals surface area (Å²) in [6.07, 6.45) is 4.84. The van der Waals surface area contributed by atoms with Crippen LogP contribution in [0.4, 0.5) is 5.69 Å². The van der Waals surface area contributed by atoms with Crippen LogP contribution in [0.15, 0.2) is 54.6 Å². The van der Waals surface area contributed by atoms with Crippen molar-refractivity contribution in [3.05, 3.63) is 71.3 Å². The smallest absolute Gasteiger partial charge is 0.246 e. The van der Waals surface area contributed by atoms with Crippen molar-refractivity contribution in [3.63, 3.8) is 0 Å². The van der Waals surface area contributed by atoms with Gasteiger partial charge in [-0.3, -0.25) is 9.59 Å². The molecule has 1 fully saturated rings. The highest BCUT2D eigenvalue weighted by molar-refractivity contribution is 5.94. The van der Waals surface area contributed by atoms with Gasteiger partial charge in [-0.25, -0.2) is 0 Å². The summed E-state index contributed by atoms with van der Waals surface area (Å²) in [6.45, 7) is 5.24. The summed E-state index contributed by atoms with van der Waals surface area (Å²) in [5.41, 5.74) is 4.08. The largest absolute Gasteiger partial charge is 0.339 e. The topological polar surface area (TPSA) is 49.4 Å². The van der Waals surface area contributed by atoms with E-state index in [1.807, 2.05) is 73.4 Å². The van der Waals surface area contributed by atoms with Crippen LogP contribution in [-0.2, 0) is 9.59 Å². The number of hydrogen-bond donors (Lipinski definition) is 1. The maximum absolute atomic E-state index is 12.6. The van der Waals surface area contributed by atoms with E-state index in [0.717, 1.165) is 22.4 Å². The molecule has 140 valence electrons. The van der Waals surface area contributed by atoms with E-state index in [4.69, 9.17) is 0 Å². The fraction of sp³-hybridized carbons (Fsp3) is 0.304. The summed E-state index contributed by atoms with van der Waals surface area (Å²) in [5, 5.41) is 3.06. The van der Waals surface area contributed by atoms with Gasteiger partial charge >= 0.3 is 0 Å².